The summed E-state index contributed by atoms with van der Waals surface area (Å²) in [6.07, 6.45) is 1.62. The van der Waals surface area contributed by atoms with Crippen molar-refractivity contribution in [3.05, 3.63) is 63.4 Å². The number of carbonyl (C=O) groups excluding carboxylic acids is 1. The third kappa shape index (κ3) is 3.65. The molecule has 20 heavy (non-hydrogen) atoms. The first-order chi connectivity index (χ1) is 9.60. The number of nitrogens with two attached hydrogens (primary N) is 1. The standard InChI is InChI=1S/C15H16BrN3O/c1-10-2-4-13(16)6-12(10)9-19-15(20)14-5-3-11(7-17)8-18-14/h2-6,8H,7,9,17H2,1H3,(H,19,20). The second-order valence-electron chi connectivity index (χ2n) is 4.51. The molecular formula is C15H16BrN3O. The van der Waals surface area contributed by atoms with Gasteiger partial charge in [-0.1, -0.05) is 28.1 Å². The molecule has 0 unspecified atom stereocenters. The number of carbonyl (C=O) groups is 1. The van der Waals surface area contributed by atoms with Crippen LogP contribution < -0.4 is 11.1 Å². The Labute approximate surface area is 126 Å². The van der Waals surface area contributed by atoms with Crippen LogP contribution in [0.5, 0.6) is 0 Å². The minimum Gasteiger partial charge on any atom is -0.347 e. The van der Waals surface area contributed by atoms with E-state index in [1.54, 1.807) is 12.3 Å². The van der Waals surface area contributed by atoms with Gasteiger partial charge in [-0.3, -0.25) is 9.78 Å². The highest BCUT2D eigenvalue weighted by Crippen LogP contribution is 2.15. The average Bonchev–Trinajstić information content (AvgIpc) is 2.48. The molecule has 2 rings (SSSR count). The molecule has 3 N–H and O–H groups in total. The van der Waals surface area contributed by atoms with Crippen molar-refractivity contribution < 1.29 is 4.79 Å². The van der Waals surface area contributed by atoms with Crippen molar-refractivity contribution in [1.82, 2.24) is 10.3 Å². The van der Waals surface area contributed by atoms with Crippen molar-refractivity contribution >= 4 is 21.8 Å². The number of benzene rings is 1. The molecule has 0 atom stereocenters. The molecule has 1 aromatic heterocycles. The number of aromatic nitrogens is 1. The van der Waals surface area contributed by atoms with Gasteiger partial charge < -0.3 is 11.1 Å². The molecule has 0 saturated heterocycles. The summed E-state index contributed by atoms with van der Waals surface area (Å²) in [6.45, 7) is 2.92. The molecule has 5 heteroatoms. The lowest BCUT2D eigenvalue weighted by molar-refractivity contribution is 0.0946. The summed E-state index contributed by atoms with van der Waals surface area (Å²) in [5.41, 5.74) is 9.02. The maximum absolute atomic E-state index is 12.0. The zero-order valence-electron chi connectivity index (χ0n) is 11.2. The monoisotopic (exact) mass is 333 g/mol. The van der Waals surface area contributed by atoms with Crippen molar-refractivity contribution in [3.8, 4) is 0 Å². The Kier molecular flexibility index (Phi) is 4.87. The average molecular weight is 334 g/mol. The smallest absolute Gasteiger partial charge is 0.270 e. The SMILES string of the molecule is Cc1ccc(Br)cc1CNC(=O)c1ccc(CN)cn1. The first-order valence-corrected chi connectivity index (χ1v) is 7.07. The van der Waals surface area contributed by atoms with Gasteiger partial charge in [0.2, 0.25) is 0 Å². The lowest BCUT2D eigenvalue weighted by Crippen LogP contribution is -2.24. The predicted molar refractivity (Wildman–Crippen MR) is 82.2 cm³/mol. The van der Waals surface area contributed by atoms with Crippen LogP contribution in [-0.2, 0) is 13.1 Å². The van der Waals surface area contributed by atoms with Crippen LogP contribution in [0, 0.1) is 6.92 Å². The Morgan fingerprint density at radius 1 is 1.35 bits per heavy atom. The van der Waals surface area contributed by atoms with Crippen LogP contribution in [0.25, 0.3) is 0 Å². The number of hydrogen-bond acceptors (Lipinski definition) is 3. The summed E-state index contributed by atoms with van der Waals surface area (Å²) >= 11 is 3.43. The minimum absolute atomic E-state index is 0.187. The molecule has 0 fully saturated rings. The number of nitrogens with zero attached hydrogens (tertiary/aromatic N) is 1. The van der Waals surface area contributed by atoms with Gasteiger partial charge in [0.15, 0.2) is 0 Å². The number of rotatable bonds is 4. The number of hydrogen-bond donors (Lipinski definition) is 2. The number of aryl methyl sites for hydroxylation is 1. The molecule has 1 heterocycles. The van der Waals surface area contributed by atoms with Crippen molar-refractivity contribution in [2.75, 3.05) is 0 Å². The van der Waals surface area contributed by atoms with Gasteiger partial charge in [0.25, 0.3) is 5.91 Å². The molecule has 0 aliphatic heterocycles. The first-order valence-electron chi connectivity index (χ1n) is 6.28. The number of pyridine rings is 1. The largest absolute Gasteiger partial charge is 0.347 e. The van der Waals surface area contributed by atoms with Crippen LogP contribution in [0.15, 0.2) is 41.0 Å². The lowest BCUT2D eigenvalue weighted by atomic mass is 10.1. The van der Waals surface area contributed by atoms with Crippen molar-refractivity contribution in [3.63, 3.8) is 0 Å². The fourth-order valence-corrected chi connectivity index (χ4v) is 2.18. The van der Waals surface area contributed by atoms with E-state index in [2.05, 4.69) is 26.2 Å². The molecule has 2 aromatic rings. The molecule has 104 valence electrons. The highest BCUT2D eigenvalue weighted by Gasteiger charge is 2.07. The molecule has 0 spiro atoms. The van der Waals surface area contributed by atoms with Crippen LogP contribution >= 0.6 is 15.9 Å². The van der Waals surface area contributed by atoms with E-state index >= 15 is 0 Å². The van der Waals surface area contributed by atoms with Crippen LogP contribution in [0.3, 0.4) is 0 Å². The minimum atomic E-state index is -0.187. The molecular weight excluding hydrogens is 318 g/mol. The van der Waals surface area contributed by atoms with Crippen LogP contribution in [0.2, 0.25) is 0 Å². The van der Waals surface area contributed by atoms with Crippen molar-refractivity contribution in [1.29, 1.82) is 0 Å². The summed E-state index contributed by atoms with van der Waals surface area (Å²) in [5, 5.41) is 2.87. The van der Waals surface area contributed by atoms with E-state index in [0.29, 0.717) is 18.8 Å². The summed E-state index contributed by atoms with van der Waals surface area (Å²) in [6, 6.07) is 9.49. The Bertz CT molecular complexity index is 611. The fourth-order valence-electron chi connectivity index (χ4n) is 1.78. The van der Waals surface area contributed by atoms with Gasteiger partial charge in [-0.2, -0.15) is 0 Å². The highest BCUT2D eigenvalue weighted by atomic mass is 79.9. The molecule has 4 nitrogen and oxygen atoms in total. The lowest BCUT2D eigenvalue weighted by Gasteiger charge is -2.08. The maximum atomic E-state index is 12.0. The molecule has 1 aromatic carbocycles. The third-order valence-corrected chi connectivity index (χ3v) is 3.54. The van der Waals surface area contributed by atoms with Gasteiger partial charge >= 0.3 is 0 Å². The van der Waals surface area contributed by atoms with Gasteiger partial charge in [0, 0.05) is 23.8 Å². The van der Waals surface area contributed by atoms with E-state index in [1.807, 2.05) is 31.2 Å². The van der Waals surface area contributed by atoms with Gasteiger partial charge in [-0.15, -0.1) is 0 Å². The van der Waals surface area contributed by atoms with Crippen LogP contribution in [-0.4, -0.2) is 10.9 Å². The first kappa shape index (κ1) is 14.7. The molecule has 0 aliphatic carbocycles. The topological polar surface area (TPSA) is 68.0 Å². The summed E-state index contributed by atoms with van der Waals surface area (Å²) in [7, 11) is 0. The normalized spacial score (nSPS) is 10.3. The highest BCUT2D eigenvalue weighted by molar-refractivity contribution is 9.10. The summed E-state index contributed by atoms with van der Waals surface area (Å²) in [5.74, 6) is -0.187. The van der Waals surface area contributed by atoms with Gasteiger partial charge in [0.05, 0.1) is 0 Å². The number of amides is 1. The summed E-state index contributed by atoms with van der Waals surface area (Å²) in [4.78, 5) is 16.1. The molecule has 1 amide bonds. The van der Waals surface area contributed by atoms with E-state index in [9.17, 15) is 4.79 Å². The number of nitrogens with one attached hydrogen (secondary N) is 1. The molecule has 0 saturated carbocycles. The molecule has 0 bridgehead atoms. The van der Waals surface area contributed by atoms with Gasteiger partial charge in [-0.05, 0) is 41.8 Å². The Balaban J connectivity index is 2.02. The van der Waals surface area contributed by atoms with Gasteiger partial charge in [-0.25, -0.2) is 0 Å². The van der Waals surface area contributed by atoms with E-state index in [-0.39, 0.29) is 5.91 Å². The molecule has 0 aliphatic rings. The van der Waals surface area contributed by atoms with E-state index in [4.69, 9.17) is 5.73 Å². The van der Waals surface area contributed by atoms with Crippen molar-refractivity contribution in [2.45, 2.75) is 20.0 Å². The maximum Gasteiger partial charge on any atom is 0.270 e. The zero-order valence-corrected chi connectivity index (χ0v) is 12.8. The van der Waals surface area contributed by atoms with Gasteiger partial charge in [0.1, 0.15) is 5.69 Å². The predicted octanol–water partition coefficient (Wildman–Crippen LogP) is 2.54. The van der Waals surface area contributed by atoms with Crippen LogP contribution in [0.1, 0.15) is 27.2 Å². The quantitative estimate of drug-likeness (QED) is 0.903. The summed E-state index contributed by atoms with van der Waals surface area (Å²) < 4.78 is 0.998. The third-order valence-electron chi connectivity index (χ3n) is 3.04. The zero-order chi connectivity index (χ0) is 14.5. The second-order valence-corrected chi connectivity index (χ2v) is 5.42. The van der Waals surface area contributed by atoms with Crippen LogP contribution in [0.4, 0.5) is 0 Å². The second kappa shape index (κ2) is 6.63. The Morgan fingerprint density at radius 3 is 2.80 bits per heavy atom. The van der Waals surface area contributed by atoms with E-state index in [0.717, 1.165) is 21.2 Å². The van der Waals surface area contributed by atoms with E-state index in [1.165, 1.54) is 0 Å². The number of halogens is 1. The van der Waals surface area contributed by atoms with E-state index < -0.39 is 0 Å². The molecule has 0 radical (unpaired) electrons. The van der Waals surface area contributed by atoms with Crippen molar-refractivity contribution in [2.24, 2.45) is 5.73 Å². The fraction of sp³-hybridized carbons (Fsp3) is 0.200. The Morgan fingerprint density at radius 2 is 2.15 bits per heavy atom. The Hall–Kier alpha value is -1.72.